The number of rotatable bonds is 8. The molecule has 0 aliphatic carbocycles. The van der Waals surface area contributed by atoms with Crippen molar-refractivity contribution < 1.29 is 19.2 Å². The molecule has 8 heteroatoms. The maximum absolute atomic E-state index is 12.0. The van der Waals surface area contributed by atoms with Gasteiger partial charge in [0.2, 0.25) is 0 Å². The first-order valence-electron chi connectivity index (χ1n) is 7.59. The van der Waals surface area contributed by atoms with Gasteiger partial charge in [-0.05, 0) is 36.2 Å². The monoisotopic (exact) mass is 376 g/mol. The van der Waals surface area contributed by atoms with Crippen molar-refractivity contribution in [3.63, 3.8) is 0 Å². The summed E-state index contributed by atoms with van der Waals surface area (Å²) in [5.41, 5.74) is 0.968. The molecule has 1 amide bonds. The number of hydrogen-bond acceptors (Lipinski definition) is 5. The third-order valence-corrected chi connectivity index (χ3v) is 3.71. The summed E-state index contributed by atoms with van der Waals surface area (Å²) in [6.45, 7) is 3.40. The summed E-state index contributed by atoms with van der Waals surface area (Å²) in [7, 11) is 1.51. The van der Waals surface area contributed by atoms with E-state index in [9.17, 15) is 14.9 Å². The van der Waals surface area contributed by atoms with Gasteiger partial charge in [0, 0.05) is 11.8 Å². The van der Waals surface area contributed by atoms with Gasteiger partial charge in [-0.15, -0.1) is 6.58 Å². The Kier molecular flexibility index (Phi) is 6.57. The Bertz CT molecular complexity index is 838. The number of hydrogen-bond donors (Lipinski definition) is 1. The SMILES string of the molecule is C=CCc1ccc(OCC(=O)Nc2ccc(Cl)c([N+](=O)[O-])c2)c(OC)c1. The van der Waals surface area contributed by atoms with Gasteiger partial charge >= 0.3 is 0 Å². The van der Waals surface area contributed by atoms with Crippen molar-refractivity contribution in [2.45, 2.75) is 6.42 Å². The van der Waals surface area contributed by atoms with Crippen LogP contribution < -0.4 is 14.8 Å². The lowest BCUT2D eigenvalue weighted by Crippen LogP contribution is -2.20. The van der Waals surface area contributed by atoms with Crippen LogP contribution in [0.25, 0.3) is 0 Å². The molecular formula is C18H17ClN2O5. The molecule has 2 rings (SSSR count). The molecule has 0 aliphatic rings. The summed E-state index contributed by atoms with van der Waals surface area (Å²) >= 11 is 5.74. The van der Waals surface area contributed by atoms with Crippen LogP contribution in [0.1, 0.15) is 5.56 Å². The second kappa shape index (κ2) is 8.87. The van der Waals surface area contributed by atoms with Crippen LogP contribution >= 0.6 is 11.6 Å². The van der Waals surface area contributed by atoms with E-state index in [2.05, 4.69) is 11.9 Å². The van der Waals surface area contributed by atoms with E-state index in [0.717, 1.165) is 5.56 Å². The molecule has 0 unspecified atom stereocenters. The van der Waals surface area contributed by atoms with Crippen molar-refractivity contribution >= 4 is 28.9 Å². The van der Waals surface area contributed by atoms with Crippen LogP contribution in [0.3, 0.4) is 0 Å². The van der Waals surface area contributed by atoms with Gasteiger partial charge in [0.25, 0.3) is 11.6 Å². The number of amides is 1. The first kappa shape index (κ1) is 19.3. The van der Waals surface area contributed by atoms with E-state index >= 15 is 0 Å². The second-order valence-electron chi connectivity index (χ2n) is 5.24. The summed E-state index contributed by atoms with van der Waals surface area (Å²) in [5.74, 6) is 0.440. The van der Waals surface area contributed by atoms with Crippen LogP contribution in [-0.4, -0.2) is 24.5 Å². The molecule has 136 valence electrons. The number of allylic oxidation sites excluding steroid dienone is 1. The minimum absolute atomic E-state index is 0.00593. The van der Waals surface area contributed by atoms with Gasteiger partial charge in [-0.1, -0.05) is 23.7 Å². The van der Waals surface area contributed by atoms with E-state index in [1.54, 1.807) is 18.2 Å². The standard InChI is InChI=1S/C18H17ClN2O5/c1-3-4-12-5-8-16(17(9-12)25-2)26-11-18(22)20-13-6-7-14(19)15(10-13)21(23)24/h3,5-10H,1,4,11H2,2H3,(H,20,22). The Morgan fingerprint density at radius 2 is 2.08 bits per heavy atom. The number of nitrogens with zero attached hydrogens (tertiary/aromatic N) is 1. The second-order valence-corrected chi connectivity index (χ2v) is 5.65. The first-order chi connectivity index (χ1) is 12.4. The van der Waals surface area contributed by atoms with Crippen molar-refractivity contribution in [3.8, 4) is 11.5 Å². The van der Waals surface area contributed by atoms with Crippen LogP contribution in [0.2, 0.25) is 5.02 Å². The topological polar surface area (TPSA) is 90.7 Å². The van der Waals surface area contributed by atoms with E-state index < -0.39 is 10.8 Å². The molecule has 0 bridgehead atoms. The highest BCUT2D eigenvalue weighted by atomic mass is 35.5. The van der Waals surface area contributed by atoms with Crippen LogP contribution in [-0.2, 0) is 11.2 Å². The lowest BCUT2D eigenvalue weighted by Gasteiger charge is -2.12. The molecule has 0 atom stereocenters. The van der Waals surface area contributed by atoms with Crippen molar-refractivity contribution in [1.82, 2.24) is 0 Å². The molecule has 0 spiro atoms. The largest absolute Gasteiger partial charge is 0.493 e. The fourth-order valence-electron chi connectivity index (χ4n) is 2.20. The summed E-state index contributed by atoms with van der Waals surface area (Å²) in [6.07, 6.45) is 2.46. The molecule has 2 aromatic carbocycles. The maximum atomic E-state index is 12.0. The number of methoxy groups -OCH3 is 1. The number of anilines is 1. The predicted octanol–water partition coefficient (Wildman–Crippen LogP) is 4.00. The van der Waals surface area contributed by atoms with Gasteiger partial charge in [0.05, 0.1) is 12.0 Å². The van der Waals surface area contributed by atoms with Gasteiger partial charge in [0.1, 0.15) is 5.02 Å². The molecule has 1 N–H and O–H groups in total. The number of ether oxygens (including phenoxy) is 2. The lowest BCUT2D eigenvalue weighted by atomic mass is 10.1. The van der Waals surface area contributed by atoms with Crippen LogP contribution in [0.4, 0.5) is 11.4 Å². The number of nitrogens with one attached hydrogen (secondary N) is 1. The third-order valence-electron chi connectivity index (χ3n) is 3.39. The molecule has 0 radical (unpaired) electrons. The van der Waals surface area contributed by atoms with E-state index in [4.69, 9.17) is 21.1 Å². The Labute approximate surface area is 155 Å². The average molecular weight is 377 g/mol. The molecule has 0 saturated carbocycles. The molecule has 0 saturated heterocycles. The zero-order valence-electron chi connectivity index (χ0n) is 14.0. The number of carbonyl (C=O) groups excluding carboxylic acids is 1. The normalized spacial score (nSPS) is 10.1. The average Bonchev–Trinajstić information content (AvgIpc) is 2.62. The predicted molar refractivity (Wildman–Crippen MR) is 99.1 cm³/mol. The number of carbonyl (C=O) groups is 1. The van der Waals surface area contributed by atoms with E-state index in [1.807, 2.05) is 6.07 Å². The minimum atomic E-state index is -0.621. The van der Waals surface area contributed by atoms with Crippen LogP contribution in [0.5, 0.6) is 11.5 Å². The minimum Gasteiger partial charge on any atom is -0.493 e. The van der Waals surface area contributed by atoms with Gasteiger partial charge < -0.3 is 14.8 Å². The Morgan fingerprint density at radius 1 is 1.31 bits per heavy atom. The maximum Gasteiger partial charge on any atom is 0.289 e. The highest BCUT2D eigenvalue weighted by Gasteiger charge is 2.14. The van der Waals surface area contributed by atoms with Crippen molar-refractivity contribution in [3.05, 3.63) is 69.8 Å². The van der Waals surface area contributed by atoms with Gasteiger partial charge in [-0.2, -0.15) is 0 Å². The summed E-state index contributed by atoms with van der Waals surface area (Å²) in [4.78, 5) is 22.3. The molecule has 26 heavy (non-hydrogen) atoms. The van der Waals surface area contributed by atoms with Gasteiger partial charge in [-0.25, -0.2) is 0 Å². The molecule has 0 fully saturated rings. The molecule has 0 aromatic heterocycles. The highest BCUT2D eigenvalue weighted by Crippen LogP contribution is 2.29. The summed E-state index contributed by atoms with van der Waals surface area (Å²) in [5, 5.41) is 13.4. The molecule has 0 heterocycles. The van der Waals surface area contributed by atoms with Crippen LogP contribution in [0, 0.1) is 10.1 Å². The quantitative estimate of drug-likeness (QED) is 0.427. The van der Waals surface area contributed by atoms with Crippen LogP contribution in [0.15, 0.2) is 49.1 Å². The Morgan fingerprint density at radius 3 is 2.73 bits per heavy atom. The zero-order chi connectivity index (χ0) is 19.1. The molecule has 0 aliphatic heterocycles. The number of nitro groups is 1. The fourth-order valence-corrected chi connectivity index (χ4v) is 2.38. The Balaban J connectivity index is 2.02. The van der Waals surface area contributed by atoms with Crippen molar-refractivity contribution in [2.75, 3.05) is 19.0 Å². The van der Waals surface area contributed by atoms with E-state index in [-0.39, 0.29) is 23.0 Å². The van der Waals surface area contributed by atoms with Gasteiger partial charge in [-0.3, -0.25) is 14.9 Å². The summed E-state index contributed by atoms with van der Waals surface area (Å²) < 4.78 is 10.7. The third kappa shape index (κ3) is 4.97. The highest BCUT2D eigenvalue weighted by molar-refractivity contribution is 6.32. The first-order valence-corrected chi connectivity index (χ1v) is 7.96. The Hall–Kier alpha value is -3.06. The zero-order valence-corrected chi connectivity index (χ0v) is 14.8. The molecule has 7 nitrogen and oxygen atoms in total. The van der Waals surface area contributed by atoms with Crippen molar-refractivity contribution in [1.29, 1.82) is 0 Å². The van der Waals surface area contributed by atoms with Gasteiger partial charge in [0.15, 0.2) is 18.1 Å². The van der Waals surface area contributed by atoms with Crippen molar-refractivity contribution in [2.24, 2.45) is 0 Å². The molecule has 2 aromatic rings. The summed E-state index contributed by atoms with van der Waals surface area (Å²) in [6, 6.07) is 9.36. The molecular weight excluding hydrogens is 360 g/mol. The van der Waals surface area contributed by atoms with E-state index in [1.165, 1.54) is 25.3 Å². The number of benzene rings is 2. The smallest absolute Gasteiger partial charge is 0.289 e. The number of nitro benzene ring substituents is 1. The fraction of sp³-hybridized carbons (Fsp3) is 0.167. The number of halogens is 1. The lowest BCUT2D eigenvalue weighted by molar-refractivity contribution is -0.384. The van der Waals surface area contributed by atoms with E-state index in [0.29, 0.717) is 17.9 Å².